The van der Waals surface area contributed by atoms with Crippen molar-refractivity contribution in [1.29, 1.82) is 0 Å². The number of rotatable bonds is 4. The van der Waals surface area contributed by atoms with Crippen LogP contribution in [0.4, 0.5) is 17.1 Å². The zero-order valence-corrected chi connectivity index (χ0v) is 37.4. The first-order valence-corrected chi connectivity index (χ1v) is 23.8. The third kappa shape index (κ3) is 5.01. The van der Waals surface area contributed by atoms with Crippen LogP contribution in [0.25, 0.3) is 44.2 Å². The minimum atomic E-state index is -0.667. The van der Waals surface area contributed by atoms with E-state index in [1.54, 1.807) is 0 Å². The molecule has 2 spiro atoms. The molecule has 2 heterocycles. The second kappa shape index (κ2) is 14.3. The smallest absolute Gasteiger partial charge is 0.132 e. The third-order valence-electron chi connectivity index (χ3n) is 15.4. The molecule has 2 aliphatic heterocycles. The van der Waals surface area contributed by atoms with Crippen molar-refractivity contribution in [2.24, 2.45) is 0 Å². The number of para-hydroxylation sites is 5. The van der Waals surface area contributed by atoms with Crippen LogP contribution in [0.5, 0.6) is 23.0 Å². The summed E-state index contributed by atoms with van der Waals surface area (Å²) in [7, 11) is 0. The molecule has 0 aromatic heterocycles. The van der Waals surface area contributed by atoms with Crippen LogP contribution in [0, 0.1) is 0 Å². The van der Waals surface area contributed by atoms with E-state index in [-0.39, 0.29) is 0 Å². The van der Waals surface area contributed by atoms with Crippen LogP contribution in [0.2, 0.25) is 0 Å². The van der Waals surface area contributed by atoms with Crippen molar-refractivity contribution in [3.05, 3.63) is 293 Å². The average Bonchev–Trinajstić information content (AvgIpc) is 3.86. The molecule has 2 aliphatic carbocycles. The zero-order chi connectivity index (χ0) is 45.3. The quantitative estimate of drug-likeness (QED) is 0.176. The van der Waals surface area contributed by atoms with E-state index >= 15 is 0 Å². The Kier molecular flexibility index (Phi) is 7.92. The Morgan fingerprint density at radius 1 is 0.304 bits per heavy atom. The number of hydrogen-bond acceptors (Lipinski definition) is 3. The molecular formula is C66H41NO2. The van der Waals surface area contributed by atoms with Crippen LogP contribution in [-0.2, 0) is 10.8 Å². The number of nitrogens with zero attached hydrogens (tertiary/aromatic N) is 1. The largest absolute Gasteiger partial charge is 0.457 e. The molecule has 0 radical (unpaired) electrons. The second-order valence-corrected chi connectivity index (χ2v) is 18.6. The van der Waals surface area contributed by atoms with E-state index in [2.05, 4.69) is 254 Å². The summed E-state index contributed by atoms with van der Waals surface area (Å²) in [6.07, 6.45) is 0. The van der Waals surface area contributed by atoms with E-state index in [4.69, 9.17) is 9.47 Å². The number of fused-ring (bicyclic) bond motifs is 19. The first-order valence-electron chi connectivity index (χ1n) is 23.8. The predicted molar refractivity (Wildman–Crippen MR) is 279 cm³/mol. The Hall–Kier alpha value is -8.92. The Morgan fingerprint density at radius 2 is 0.754 bits per heavy atom. The van der Waals surface area contributed by atoms with Gasteiger partial charge in [0, 0.05) is 44.5 Å². The van der Waals surface area contributed by atoms with Crippen LogP contribution in [0.1, 0.15) is 44.5 Å². The molecule has 0 bridgehead atoms. The van der Waals surface area contributed by atoms with Gasteiger partial charge in [-0.2, -0.15) is 0 Å². The summed E-state index contributed by atoms with van der Waals surface area (Å²) in [5.74, 6) is 3.50. The molecule has 3 heteroatoms. The highest BCUT2D eigenvalue weighted by atomic mass is 16.5. The van der Waals surface area contributed by atoms with Crippen LogP contribution in [0.3, 0.4) is 0 Å². The van der Waals surface area contributed by atoms with Gasteiger partial charge >= 0.3 is 0 Å². The van der Waals surface area contributed by atoms with E-state index in [0.29, 0.717) is 0 Å². The van der Waals surface area contributed by atoms with Crippen LogP contribution < -0.4 is 14.4 Å². The molecular weight excluding hydrogens is 839 g/mol. The van der Waals surface area contributed by atoms with E-state index in [0.717, 1.165) is 73.4 Å². The fraction of sp³-hybridized carbons (Fsp3) is 0.0303. The fourth-order valence-electron chi connectivity index (χ4n) is 12.8. The molecule has 0 unspecified atom stereocenters. The van der Waals surface area contributed by atoms with Crippen LogP contribution in [0.15, 0.2) is 249 Å². The Morgan fingerprint density at radius 3 is 1.38 bits per heavy atom. The maximum absolute atomic E-state index is 6.82. The van der Waals surface area contributed by atoms with Crippen LogP contribution in [-0.4, -0.2) is 0 Å². The number of benzene rings is 11. The van der Waals surface area contributed by atoms with Gasteiger partial charge in [0.25, 0.3) is 0 Å². The standard InChI is InChI=1S/C66H41NO2/c1-2-20-42(21-3-1)45-23-8-15-33-58(45)67(44-38-39-48-47-25-6-9-27-50(47)65(56(48)41-44)52-29-11-16-34-59(52)68-60-35-17-12-30-53(60)65)64-46-24-5-4-22-43(46)40-57-63(64)49-26-7-10-28-51(49)66(57)54-31-13-18-36-61(54)69-62-37-19-14-32-55(62)66/h1-41H. The summed E-state index contributed by atoms with van der Waals surface area (Å²) in [6.45, 7) is 0. The molecule has 11 aromatic carbocycles. The van der Waals surface area contributed by atoms with E-state index in [9.17, 15) is 0 Å². The average molecular weight is 880 g/mol. The van der Waals surface area contributed by atoms with E-state index < -0.39 is 10.8 Å². The van der Waals surface area contributed by atoms with E-state index in [1.807, 2.05) is 0 Å². The van der Waals surface area contributed by atoms with Crippen molar-refractivity contribution >= 4 is 27.8 Å². The molecule has 0 saturated heterocycles. The second-order valence-electron chi connectivity index (χ2n) is 18.6. The van der Waals surface area contributed by atoms with Gasteiger partial charge in [0.05, 0.1) is 22.2 Å². The number of hydrogen-bond donors (Lipinski definition) is 0. The van der Waals surface area contributed by atoms with Gasteiger partial charge in [0.2, 0.25) is 0 Å². The molecule has 15 rings (SSSR count). The van der Waals surface area contributed by atoms with Gasteiger partial charge in [-0.25, -0.2) is 0 Å². The molecule has 0 N–H and O–H groups in total. The molecule has 3 nitrogen and oxygen atoms in total. The fourth-order valence-corrected chi connectivity index (χ4v) is 12.8. The minimum Gasteiger partial charge on any atom is -0.457 e. The highest BCUT2D eigenvalue weighted by molar-refractivity contribution is 6.12. The maximum Gasteiger partial charge on any atom is 0.132 e. The Labute approximate surface area is 400 Å². The lowest BCUT2D eigenvalue weighted by Gasteiger charge is -2.40. The van der Waals surface area contributed by atoms with Crippen molar-refractivity contribution in [2.45, 2.75) is 10.8 Å². The lowest BCUT2D eigenvalue weighted by molar-refractivity contribution is 0.436. The van der Waals surface area contributed by atoms with Crippen molar-refractivity contribution in [2.75, 3.05) is 4.90 Å². The normalized spacial score (nSPS) is 14.3. The topological polar surface area (TPSA) is 21.7 Å². The number of ether oxygens (including phenoxy) is 2. The van der Waals surface area contributed by atoms with Gasteiger partial charge in [0.1, 0.15) is 23.0 Å². The molecule has 4 aliphatic rings. The minimum absolute atomic E-state index is 0.648. The summed E-state index contributed by atoms with van der Waals surface area (Å²) in [5.41, 5.74) is 18.7. The first-order chi connectivity index (χ1) is 34.2. The van der Waals surface area contributed by atoms with Gasteiger partial charge in [0.15, 0.2) is 0 Å². The highest BCUT2D eigenvalue weighted by Gasteiger charge is 2.54. The van der Waals surface area contributed by atoms with Crippen molar-refractivity contribution in [1.82, 2.24) is 0 Å². The molecule has 11 aromatic rings. The maximum atomic E-state index is 6.82. The molecule has 69 heavy (non-hydrogen) atoms. The summed E-state index contributed by atoms with van der Waals surface area (Å²) in [6, 6.07) is 91.1. The molecule has 0 atom stereocenters. The summed E-state index contributed by atoms with van der Waals surface area (Å²) < 4.78 is 13.6. The highest BCUT2D eigenvalue weighted by Crippen LogP contribution is 2.67. The lowest BCUT2D eigenvalue weighted by Crippen LogP contribution is -2.32. The predicted octanol–water partition coefficient (Wildman–Crippen LogP) is 16.9. The molecule has 322 valence electrons. The van der Waals surface area contributed by atoms with Gasteiger partial charge in [-0.05, 0) is 98.4 Å². The van der Waals surface area contributed by atoms with Crippen molar-refractivity contribution < 1.29 is 9.47 Å². The van der Waals surface area contributed by atoms with Gasteiger partial charge in [-0.1, -0.05) is 200 Å². The van der Waals surface area contributed by atoms with Crippen molar-refractivity contribution in [3.63, 3.8) is 0 Å². The summed E-state index contributed by atoms with van der Waals surface area (Å²) in [4.78, 5) is 2.59. The van der Waals surface area contributed by atoms with Gasteiger partial charge < -0.3 is 14.4 Å². The number of anilines is 3. The van der Waals surface area contributed by atoms with E-state index in [1.165, 1.54) is 55.3 Å². The van der Waals surface area contributed by atoms with Gasteiger partial charge in [-0.15, -0.1) is 0 Å². The zero-order valence-electron chi connectivity index (χ0n) is 37.4. The van der Waals surface area contributed by atoms with Crippen molar-refractivity contribution in [3.8, 4) is 56.4 Å². The first kappa shape index (κ1) is 38.2. The Balaban J connectivity index is 1.10. The van der Waals surface area contributed by atoms with Gasteiger partial charge in [-0.3, -0.25) is 0 Å². The lowest BCUT2D eigenvalue weighted by atomic mass is 9.66. The molecule has 0 fully saturated rings. The Bertz CT molecular complexity index is 3850. The molecule has 0 amide bonds. The summed E-state index contributed by atoms with van der Waals surface area (Å²) in [5, 5.41) is 2.33. The SMILES string of the molecule is c1ccc(-c2ccccc2N(c2ccc3c(c2)C2(c4ccccc4Oc4ccccc42)c2ccccc2-3)c2c3c(cc4ccccc24)C2(c4ccccc4Oc4ccccc42)c2ccccc2-3)cc1. The third-order valence-corrected chi connectivity index (χ3v) is 15.4. The van der Waals surface area contributed by atoms with Crippen LogP contribution >= 0.6 is 0 Å². The molecule has 0 saturated carbocycles. The summed E-state index contributed by atoms with van der Waals surface area (Å²) >= 11 is 0. The monoisotopic (exact) mass is 879 g/mol.